The summed E-state index contributed by atoms with van der Waals surface area (Å²) in [6.45, 7) is 4.64. The minimum atomic E-state index is -3.59. The second-order valence-electron chi connectivity index (χ2n) is 5.21. The maximum absolute atomic E-state index is 14.0. The number of rotatable bonds is 5. The van der Waals surface area contributed by atoms with Crippen LogP contribution < -0.4 is 10.1 Å². The van der Waals surface area contributed by atoms with Crippen molar-refractivity contribution >= 4 is 9.84 Å². The first-order chi connectivity index (χ1) is 9.91. The van der Waals surface area contributed by atoms with Crippen molar-refractivity contribution < 1.29 is 17.5 Å². The van der Waals surface area contributed by atoms with Crippen LogP contribution in [0.1, 0.15) is 5.56 Å². The number of methoxy groups -OCH3 is 1. The molecule has 0 bridgehead atoms. The summed E-state index contributed by atoms with van der Waals surface area (Å²) in [6, 6.07) is 2.55. The fraction of sp³-hybridized carbons (Fsp3) is 0.571. The number of nitrogens with one attached hydrogen (secondary N) is 1. The van der Waals surface area contributed by atoms with Crippen molar-refractivity contribution in [2.45, 2.75) is 11.3 Å². The second-order valence-corrected chi connectivity index (χ2v) is 7.19. The Hall–Kier alpha value is -1.18. The average Bonchev–Trinajstić information content (AvgIpc) is 2.45. The van der Waals surface area contributed by atoms with Crippen LogP contribution in [0.5, 0.6) is 5.75 Å². The molecule has 0 aromatic heterocycles. The fourth-order valence-electron chi connectivity index (χ4n) is 2.46. The predicted molar refractivity (Wildman–Crippen MR) is 79.1 cm³/mol. The highest BCUT2D eigenvalue weighted by Gasteiger charge is 2.18. The van der Waals surface area contributed by atoms with Gasteiger partial charge in [-0.2, -0.15) is 0 Å². The maximum Gasteiger partial charge on any atom is 0.178 e. The zero-order valence-corrected chi connectivity index (χ0v) is 13.2. The molecular weight excluding hydrogens is 295 g/mol. The monoisotopic (exact) mass is 316 g/mol. The zero-order valence-electron chi connectivity index (χ0n) is 12.4. The lowest BCUT2D eigenvalue weighted by molar-refractivity contribution is 0.243. The first-order valence-electron chi connectivity index (χ1n) is 6.91. The average molecular weight is 316 g/mol. The molecule has 2 rings (SSSR count). The summed E-state index contributed by atoms with van der Waals surface area (Å²) in [7, 11) is -2.13. The third kappa shape index (κ3) is 4.15. The van der Waals surface area contributed by atoms with E-state index in [0.29, 0.717) is 17.7 Å². The van der Waals surface area contributed by atoms with E-state index < -0.39 is 15.7 Å². The molecule has 0 saturated carbocycles. The Bertz CT molecular complexity index is 598. The van der Waals surface area contributed by atoms with Gasteiger partial charge in [-0.1, -0.05) is 0 Å². The lowest BCUT2D eigenvalue weighted by atomic mass is 10.1. The molecule has 21 heavy (non-hydrogen) atoms. The third-order valence-corrected chi connectivity index (χ3v) is 4.75. The van der Waals surface area contributed by atoms with Crippen LogP contribution in [0.2, 0.25) is 0 Å². The number of hydrogen-bond donors (Lipinski definition) is 1. The van der Waals surface area contributed by atoms with Crippen LogP contribution in [0.4, 0.5) is 4.39 Å². The highest BCUT2D eigenvalue weighted by molar-refractivity contribution is 7.90. The van der Waals surface area contributed by atoms with Gasteiger partial charge in [-0.15, -0.1) is 0 Å². The number of ether oxygens (including phenoxy) is 1. The molecule has 1 heterocycles. The minimum absolute atomic E-state index is 0.315. The van der Waals surface area contributed by atoms with Gasteiger partial charge in [0.05, 0.1) is 7.11 Å². The van der Waals surface area contributed by atoms with Gasteiger partial charge in [0.15, 0.2) is 9.84 Å². The molecule has 0 spiro atoms. The molecule has 1 aromatic carbocycles. The topological polar surface area (TPSA) is 58.6 Å². The van der Waals surface area contributed by atoms with Crippen LogP contribution in [-0.2, 0) is 16.3 Å². The summed E-state index contributed by atoms with van der Waals surface area (Å²) in [6.07, 6.45) is 1.62. The molecule has 0 radical (unpaired) electrons. The summed E-state index contributed by atoms with van der Waals surface area (Å²) in [5, 5.41) is 3.28. The van der Waals surface area contributed by atoms with Crippen LogP contribution in [0.3, 0.4) is 0 Å². The van der Waals surface area contributed by atoms with Crippen molar-refractivity contribution in [1.82, 2.24) is 10.2 Å². The molecular formula is C14H21FN2O3S. The lowest BCUT2D eigenvalue weighted by Gasteiger charge is -2.27. The Morgan fingerprint density at radius 3 is 2.57 bits per heavy atom. The van der Waals surface area contributed by atoms with Crippen LogP contribution in [0.15, 0.2) is 17.0 Å². The van der Waals surface area contributed by atoms with E-state index in [1.54, 1.807) is 0 Å². The number of halogens is 1. The summed E-state index contributed by atoms with van der Waals surface area (Å²) < 4.78 is 42.2. The number of hydrogen-bond acceptors (Lipinski definition) is 5. The zero-order chi connectivity index (χ0) is 15.5. The highest BCUT2D eigenvalue weighted by Crippen LogP contribution is 2.26. The molecule has 1 aliphatic rings. The fourth-order valence-corrected chi connectivity index (χ4v) is 3.19. The van der Waals surface area contributed by atoms with Crippen molar-refractivity contribution in [3.8, 4) is 5.75 Å². The van der Waals surface area contributed by atoms with E-state index in [1.807, 2.05) is 0 Å². The summed E-state index contributed by atoms with van der Waals surface area (Å²) in [5.41, 5.74) is 0.695. The van der Waals surface area contributed by atoms with E-state index >= 15 is 0 Å². The molecule has 7 heteroatoms. The van der Waals surface area contributed by atoms with Crippen molar-refractivity contribution in [2.24, 2.45) is 0 Å². The van der Waals surface area contributed by atoms with Gasteiger partial charge in [0.2, 0.25) is 0 Å². The first kappa shape index (κ1) is 16.2. The van der Waals surface area contributed by atoms with Crippen molar-refractivity contribution in [3.63, 3.8) is 0 Å². The van der Waals surface area contributed by atoms with Gasteiger partial charge < -0.3 is 15.0 Å². The molecule has 118 valence electrons. The Morgan fingerprint density at radius 2 is 2.00 bits per heavy atom. The number of benzene rings is 1. The smallest absolute Gasteiger partial charge is 0.178 e. The van der Waals surface area contributed by atoms with Crippen molar-refractivity contribution in [1.29, 1.82) is 0 Å². The molecule has 0 unspecified atom stereocenters. The molecule has 0 atom stereocenters. The predicted octanol–water partition coefficient (Wildman–Crippen LogP) is 0.685. The van der Waals surface area contributed by atoms with Crippen LogP contribution >= 0.6 is 0 Å². The van der Waals surface area contributed by atoms with Gasteiger partial charge in [0, 0.05) is 45.0 Å². The van der Waals surface area contributed by atoms with E-state index in [2.05, 4.69) is 10.2 Å². The Kier molecular flexibility index (Phi) is 5.18. The standard InChI is InChI=1S/C14H21FN2O3S/c1-20-13-10-14(21(2,18)19)12(15)9-11(13)3-6-17-7-4-16-5-8-17/h9-10,16H,3-8H2,1-2H3. The van der Waals surface area contributed by atoms with Gasteiger partial charge in [-0.3, -0.25) is 0 Å². The van der Waals surface area contributed by atoms with E-state index in [-0.39, 0.29) is 4.90 Å². The highest BCUT2D eigenvalue weighted by atomic mass is 32.2. The molecule has 1 fully saturated rings. The van der Waals surface area contributed by atoms with Gasteiger partial charge in [-0.25, -0.2) is 12.8 Å². The second kappa shape index (κ2) is 6.72. The number of piperazine rings is 1. The van der Waals surface area contributed by atoms with Gasteiger partial charge >= 0.3 is 0 Å². The first-order valence-corrected chi connectivity index (χ1v) is 8.80. The van der Waals surface area contributed by atoms with E-state index in [9.17, 15) is 12.8 Å². The van der Waals surface area contributed by atoms with Crippen molar-refractivity contribution in [2.75, 3.05) is 46.1 Å². The van der Waals surface area contributed by atoms with Gasteiger partial charge in [-0.05, 0) is 18.1 Å². The van der Waals surface area contributed by atoms with Crippen LogP contribution in [-0.4, -0.2) is 59.4 Å². The minimum Gasteiger partial charge on any atom is -0.496 e. The molecule has 1 aromatic rings. The van der Waals surface area contributed by atoms with Gasteiger partial charge in [0.25, 0.3) is 0 Å². The molecule has 0 amide bonds. The summed E-state index contributed by atoms with van der Waals surface area (Å²) >= 11 is 0. The Morgan fingerprint density at radius 1 is 1.33 bits per heavy atom. The molecule has 1 saturated heterocycles. The molecule has 1 N–H and O–H groups in total. The lowest BCUT2D eigenvalue weighted by Crippen LogP contribution is -2.44. The summed E-state index contributed by atoms with van der Waals surface area (Å²) in [4.78, 5) is 1.98. The largest absolute Gasteiger partial charge is 0.496 e. The number of sulfone groups is 1. The third-order valence-electron chi connectivity index (χ3n) is 3.64. The molecule has 0 aliphatic carbocycles. The van der Waals surface area contributed by atoms with Crippen LogP contribution in [0, 0.1) is 5.82 Å². The Balaban J connectivity index is 2.17. The van der Waals surface area contributed by atoms with E-state index in [4.69, 9.17) is 4.74 Å². The number of nitrogens with zero attached hydrogens (tertiary/aromatic N) is 1. The quantitative estimate of drug-likeness (QED) is 0.866. The van der Waals surface area contributed by atoms with E-state index in [1.165, 1.54) is 19.2 Å². The Labute approximate surface area is 125 Å². The van der Waals surface area contributed by atoms with Gasteiger partial charge in [0.1, 0.15) is 16.5 Å². The van der Waals surface area contributed by atoms with E-state index in [0.717, 1.165) is 39.0 Å². The molecule has 5 nitrogen and oxygen atoms in total. The maximum atomic E-state index is 14.0. The normalized spacial score (nSPS) is 16.9. The SMILES string of the molecule is COc1cc(S(C)(=O)=O)c(F)cc1CCN1CCNCC1. The van der Waals surface area contributed by atoms with Crippen molar-refractivity contribution in [3.05, 3.63) is 23.5 Å². The molecule has 1 aliphatic heterocycles. The summed E-state index contributed by atoms with van der Waals surface area (Å²) in [5.74, 6) is -0.291. The van der Waals surface area contributed by atoms with Crippen LogP contribution in [0.25, 0.3) is 0 Å².